The summed E-state index contributed by atoms with van der Waals surface area (Å²) < 4.78 is 7.76. The van der Waals surface area contributed by atoms with Gasteiger partial charge in [0.25, 0.3) is 0 Å². The molecule has 6 nitrogen and oxygen atoms in total. The zero-order valence-electron chi connectivity index (χ0n) is 10.8. The molecular weight excluding hydrogens is 324 g/mol. The van der Waals surface area contributed by atoms with Gasteiger partial charge in [-0.15, -0.1) is 0 Å². The number of benzene rings is 1. The molecule has 2 aromatic heterocycles. The van der Waals surface area contributed by atoms with Crippen LogP contribution in [-0.4, -0.2) is 21.1 Å². The van der Waals surface area contributed by atoms with E-state index in [4.69, 9.17) is 10.2 Å². The molecule has 7 heteroatoms. The lowest BCUT2D eigenvalue weighted by Crippen LogP contribution is -2.08. The van der Waals surface area contributed by atoms with Crippen LogP contribution in [0.5, 0.6) is 0 Å². The lowest BCUT2D eigenvalue weighted by atomic mass is 10.1. The van der Waals surface area contributed by atoms with Gasteiger partial charge in [-0.3, -0.25) is 4.98 Å². The van der Waals surface area contributed by atoms with Crippen molar-refractivity contribution in [1.82, 2.24) is 14.5 Å². The molecule has 0 amide bonds. The minimum atomic E-state index is -0.454. The minimum absolute atomic E-state index is 0.454. The smallest absolute Gasteiger partial charge is 0.408 e. The minimum Gasteiger partial charge on any atom is -0.408 e. The van der Waals surface area contributed by atoms with Crippen molar-refractivity contribution in [1.29, 1.82) is 0 Å². The predicted molar refractivity (Wildman–Crippen MR) is 79.5 cm³/mol. The van der Waals surface area contributed by atoms with Crippen molar-refractivity contribution in [2.24, 2.45) is 12.8 Å². The zero-order valence-corrected chi connectivity index (χ0v) is 12.4. The summed E-state index contributed by atoms with van der Waals surface area (Å²) in [5.74, 6) is 0.459. The number of aromatic amines is 1. The SMILES string of the molecule is Cn1c(CCN)nc(Br)c1-c1ccc2oc(=O)[nH]c2c1. The van der Waals surface area contributed by atoms with Crippen LogP contribution >= 0.6 is 15.9 Å². The zero-order chi connectivity index (χ0) is 14.3. The summed E-state index contributed by atoms with van der Waals surface area (Å²) in [6.07, 6.45) is 0.708. The first-order valence-corrected chi connectivity index (χ1v) is 6.94. The predicted octanol–water partition coefficient (Wildman–Crippen LogP) is 1.79. The number of halogens is 1. The van der Waals surface area contributed by atoms with Gasteiger partial charge in [-0.1, -0.05) is 0 Å². The van der Waals surface area contributed by atoms with Crippen molar-refractivity contribution >= 4 is 27.0 Å². The van der Waals surface area contributed by atoms with Crippen LogP contribution in [0.25, 0.3) is 22.4 Å². The molecule has 0 fully saturated rings. The van der Waals surface area contributed by atoms with Gasteiger partial charge in [0.1, 0.15) is 10.4 Å². The van der Waals surface area contributed by atoms with Gasteiger partial charge in [-0.25, -0.2) is 9.78 Å². The van der Waals surface area contributed by atoms with E-state index in [9.17, 15) is 4.79 Å². The van der Waals surface area contributed by atoms with Crippen LogP contribution < -0.4 is 11.5 Å². The van der Waals surface area contributed by atoms with Crippen molar-refractivity contribution in [2.75, 3.05) is 6.54 Å². The highest BCUT2D eigenvalue weighted by Gasteiger charge is 2.15. The molecule has 3 rings (SSSR count). The maximum atomic E-state index is 11.2. The van der Waals surface area contributed by atoms with E-state index >= 15 is 0 Å². The van der Waals surface area contributed by atoms with Crippen LogP contribution in [0, 0.1) is 0 Å². The van der Waals surface area contributed by atoms with E-state index in [2.05, 4.69) is 25.9 Å². The molecule has 0 atom stereocenters. The number of aromatic nitrogens is 3. The third-order valence-electron chi connectivity index (χ3n) is 3.21. The average molecular weight is 337 g/mol. The summed E-state index contributed by atoms with van der Waals surface area (Å²) in [7, 11) is 1.94. The molecule has 3 aromatic rings. The Bertz CT molecular complexity index is 831. The molecule has 1 aromatic carbocycles. The van der Waals surface area contributed by atoms with Crippen molar-refractivity contribution in [2.45, 2.75) is 6.42 Å². The van der Waals surface area contributed by atoms with Crippen LogP contribution in [-0.2, 0) is 13.5 Å². The summed E-state index contributed by atoms with van der Waals surface area (Å²) in [4.78, 5) is 18.3. The van der Waals surface area contributed by atoms with E-state index in [0.717, 1.165) is 21.7 Å². The second-order valence-corrected chi connectivity index (χ2v) is 5.24. The van der Waals surface area contributed by atoms with Gasteiger partial charge in [0.2, 0.25) is 0 Å². The van der Waals surface area contributed by atoms with E-state index in [1.165, 1.54) is 0 Å². The highest BCUT2D eigenvalue weighted by atomic mass is 79.9. The fourth-order valence-electron chi connectivity index (χ4n) is 2.27. The third-order valence-corrected chi connectivity index (χ3v) is 3.76. The quantitative estimate of drug-likeness (QED) is 0.762. The molecule has 0 bridgehead atoms. The van der Waals surface area contributed by atoms with Crippen LogP contribution in [0.1, 0.15) is 5.82 Å². The largest absolute Gasteiger partial charge is 0.417 e. The van der Waals surface area contributed by atoms with Crippen molar-refractivity contribution in [3.63, 3.8) is 0 Å². The van der Waals surface area contributed by atoms with Gasteiger partial charge in [-0.05, 0) is 40.7 Å². The lowest BCUT2D eigenvalue weighted by Gasteiger charge is -2.05. The van der Waals surface area contributed by atoms with Crippen LogP contribution in [0.2, 0.25) is 0 Å². The van der Waals surface area contributed by atoms with Crippen molar-refractivity contribution in [3.05, 3.63) is 39.2 Å². The van der Waals surface area contributed by atoms with Gasteiger partial charge in [0.15, 0.2) is 5.58 Å². The number of nitrogens with two attached hydrogens (primary N) is 1. The molecule has 0 unspecified atom stereocenters. The molecule has 0 spiro atoms. The monoisotopic (exact) mass is 336 g/mol. The molecule has 0 radical (unpaired) electrons. The van der Waals surface area contributed by atoms with Gasteiger partial charge in [0, 0.05) is 19.0 Å². The number of oxazole rings is 1. The molecule has 0 saturated carbocycles. The Hall–Kier alpha value is -1.86. The van der Waals surface area contributed by atoms with Crippen LogP contribution in [0.15, 0.2) is 32.0 Å². The summed E-state index contributed by atoms with van der Waals surface area (Å²) >= 11 is 3.48. The fraction of sp³-hybridized carbons (Fsp3) is 0.231. The normalized spacial score (nSPS) is 11.3. The second-order valence-electron chi connectivity index (χ2n) is 4.49. The highest BCUT2D eigenvalue weighted by molar-refractivity contribution is 9.10. The Balaban J connectivity index is 2.17. The first-order chi connectivity index (χ1) is 9.60. The van der Waals surface area contributed by atoms with E-state index in [1.807, 2.05) is 23.7 Å². The standard InChI is InChI=1S/C13H13BrN4O2/c1-18-10(4-5-15)17-12(14)11(18)7-2-3-9-8(6-7)16-13(19)20-9/h2-3,6H,4-5,15H2,1H3,(H,16,19). The molecule has 0 aliphatic carbocycles. The molecule has 20 heavy (non-hydrogen) atoms. The number of fused-ring (bicyclic) bond motifs is 1. The van der Waals surface area contributed by atoms with E-state index in [-0.39, 0.29) is 0 Å². The summed E-state index contributed by atoms with van der Waals surface area (Å²) in [6.45, 7) is 0.546. The number of hydrogen-bond donors (Lipinski definition) is 2. The van der Waals surface area contributed by atoms with E-state index < -0.39 is 5.76 Å². The molecule has 3 N–H and O–H groups in total. The van der Waals surface area contributed by atoms with Gasteiger partial charge in [0.05, 0.1) is 11.2 Å². The summed E-state index contributed by atoms with van der Waals surface area (Å²) in [5.41, 5.74) is 8.68. The molecule has 0 saturated heterocycles. The second kappa shape index (κ2) is 4.92. The van der Waals surface area contributed by atoms with E-state index in [0.29, 0.717) is 24.1 Å². The molecule has 104 valence electrons. The first kappa shape index (κ1) is 13.1. The number of nitrogens with one attached hydrogen (secondary N) is 1. The molecular formula is C13H13BrN4O2. The number of H-pyrrole nitrogens is 1. The van der Waals surface area contributed by atoms with Gasteiger partial charge < -0.3 is 14.7 Å². The Morgan fingerprint density at radius 2 is 2.30 bits per heavy atom. The Kier molecular flexibility index (Phi) is 3.23. The maximum absolute atomic E-state index is 11.2. The van der Waals surface area contributed by atoms with Crippen LogP contribution in [0.4, 0.5) is 0 Å². The molecule has 0 aliphatic heterocycles. The number of nitrogens with zero attached hydrogens (tertiary/aromatic N) is 2. The Morgan fingerprint density at radius 3 is 3.05 bits per heavy atom. The number of hydrogen-bond acceptors (Lipinski definition) is 4. The number of imidazole rings is 1. The topological polar surface area (TPSA) is 89.8 Å². The van der Waals surface area contributed by atoms with E-state index in [1.54, 1.807) is 6.07 Å². The lowest BCUT2D eigenvalue weighted by molar-refractivity contribution is 0.555. The number of rotatable bonds is 3. The third kappa shape index (κ3) is 2.08. The maximum Gasteiger partial charge on any atom is 0.417 e. The Morgan fingerprint density at radius 1 is 1.50 bits per heavy atom. The highest BCUT2D eigenvalue weighted by Crippen LogP contribution is 2.30. The van der Waals surface area contributed by atoms with Crippen molar-refractivity contribution in [3.8, 4) is 11.3 Å². The van der Waals surface area contributed by atoms with Crippen molar-refractivity contribution < 1.29 is 4.42 Å². The Labute approximate surface area is 122 Å². The molecule has 0 aliphatic rings. The van der Waals surface area contributed by atoms with Gasteiger partial charge >= 0.3 is 5.76 Å². The first-order valence-electron chi connectivity index (χ1n) is 6.14. The average Bonchev–Trinajstić information content (AvgIpc) is 2.89. The van der Waals surface area contributed by atoms with Gasteiger partial charge in [-0.2, -0.15) is 0 Å². The van der Waals surface area contributed by atoms with Crippen LogP contribution in [0.3, 0.4) is 0 Å². The summed E-state index contributed by atoms with van der Waals surface area (Å²) in [5, 5.41) is 0. The fourth-order valence-corrected chi connectivity index (χ4v) is 2.97. The summed E-state index contributed by atoms with van der Waals surface area (Å²) in [6, 6.07) is 5.53. The molecule has 2 heterocycles.